The van der Waals surface area contributed by atoms with Gasteiger partial charge in [-0.15, -0.1) is 0 Å². The number of hydrogen-bond donors (Lipinski definition) is 5. The van der Waals surface area contributed by atoms with Crippen LogP contribution in [0.5, 0.6) is 5.75 Å². The zero-order valence-electron chi connectivity index (χ0n) is 12.2. The van der Waals surface area contributed by atoms with Gasteiger partial charge in [0.1, 0.15) is 11.5 Å². The van der Waals surface area contributed by atoms with Crippen molar-refractivity contribution in [1.29, 1.82) is 0 Å². The van der Waals surface area contributed by atoms with Crippen molar-refractivity contribution in [2.24, 2.45) is 5.92 Å². The van der Waals surface area contributed by atoms with Gasteiger partial charge in [-0.3, -0.25) is 9.88 Å². The summed E-state index contributed by atoms with van der Waals surface area (Å²) in [6.45, 7) is 0. The molecule has 1 unspecified atom stereocenters. The molecular weight excluding hydrogens is 321 g/mol. The lowest BCUT2D eigenvalue weighted by molar-refractivity contribution is -0.117. The fraction of sp³-hybridized carbons (Fsp3) is 0.267. The Hall–Kier alpha value is -2.08. The third-order valence-corrected chi connectivity index (χ3v) is 4.03. The number of aliphatic hydroxyl groups excluding tert-OH is 1. The number of phenols is 1. The molecule has 1 atom stereocenters. The molecule has 2 rings (SSSR count). The molecular formula is C15H18NO6P. The number of carbonyl (C=O) groups is 1. The van der Waals surface area contributed by atoms with Gasteiger partial charge in [0.15, 0.2) is 5.78 Å². The van der Waals surface area contributed by atoms with Gasteiger partial charge >= 0.3 is 7.75 Å². The third kappa shape index (κ3) is 5.25. The highest BCUT2D eigenvalue weighted by Gasteiger charge is 2.29. The number of aliphatic hydroxyl groups is 1. The molecule has 0 heterocycles. The highest BCUT2D eigenvalue weighted by atomic mass is 31.2. The van der Waals surface area contributed by atoms with E-state index < -0.39 is 19.4 Å². The van der Waals surface area contributed by atoms with Crippen LogP contribution in [0.4, 0.5) is 0 Å². The Bertz CT molecular complexity index is 688. The summed E-state index contributed by atoms with van der Waals surface area (Å²) in [5, 5.41) is 20.7. The zero-order chi connectivity index (χ0) is 17.0. The van der Waals surface area contributed by atoms with Crippen LogP contribution in [0.3, 0.4) is 0 Å². The molecule has 1 aromatic rings. The quantitative estimate of drug-likeness (QED) is 0.501. The fourth-order valence-electron chi connectivity index (χ4n) is 2.45. The molecule has 0 amide bonds. The summed E-state index contributed by atoms with van der Waals surface area (Å²) in [7, 11) is -4.56. The predicted octanol–water partition coefficient (Wildman–Crippen LogP) is 1.92. The molecule has 5 N–H and O–H groups in total. The maximum absolute atomic E-state index is 12.0. The maximum atomic E-state index is 12.0. The molecule has 1 aliphatic carbocycles. The van der Waals surface area contributed by atoms with Crippen molar-refractivity contribution in [2.75, 3.05) is 0 Å². The predicted molar refractivity (Wildman–Crippen MR) is 83.5 cm³/mol. The molecule has 23 heavy (non-hydrogen) atoms. The largest absolute Gasteiger partial charge is 0.508 e. The van der Waals surface area contributed by atoms with E-state index >= 15 is 0 Å². The Morgan fingerprint density at radius 3 is 2.35 bits per heavy atom. The normalized spacial score (nSPS) is 18.3. The molecule has 1 aliphatic rings. The molecule has 0 saturated heterocycles. The highest BCUT2D eigenvalue weighted by molar-refractivity contribution is 7.49. The van der Waals surface area contributed by atoms with Crippen LogP contribution in [-0.2, 0) is 15.8 Å². The number of allylic oxidation sites excluding steroid dienone is 3. The Kier molecular flexibility index (Phi) is 5.26. The standard InChI is InChI=1S/C15H18NO6P/c17-11-6-4-10(5-7-11)2-1-3-13-14(16-23(20,21)22)8-12(18)9-15(13)19/h4-9,13,17-18H,1-3H2,(H3,16,20,21,22). The summed E-state index contributed by atoms with van der Waals surface area (Å²) in [4.78, 5) is 30.0. The van der Waals surface area contributed by atoms with Gasteiger partial charge in [-0.05, 0) is 37.0 Å². The van der Waals surface area contributed by atoms with Gasteiger partial charge in [0.25, 0.3) is 0 Å². The molecule has 8 heteroatoms. The van der Waals surface area contributed by atoms with Gasteiger partial charge in [-0.1, -0.05) is 12.1 Å². The Morgan fingerprint density at radius 2 is 1.74 bits per heavy atom. The molecule has 0 fully saturated rings. The number of carbonyl (C=O) groups excluding carboxylic acids is 1. The monoisotopic (exact) mass is 339 g/mol. The van der Waals surface area contributed by atoms with Crippen LogP contribution in [0.2, 0.25) is 0 Å². The number of aromatic hydroxyl groups is 1. The first-order valence-corrected chi connectivity index (χ1v) is 8.64. The number of ketones is 1. The summed E-state index contributed by atoms with van der Waals surface area (Å²) in [5.74, 6) is -1.28. The molecule has 1 aromatic carbocycles. The van der Waals surface area contributed by atoms with E-state index in [0.717, 1.165) is 17.7 Å². The minimum atomic E-state index is -4.56. The molecule has 0 aliphatic heterocycles. The van der Waals surface area contributed by atoms with E-state index in [4.69, 9.17) is 9.79 Å². The minimum Gasteiger partial charge on any atom is -0.508 e. The fourth-order valence-corrected chi connectivity index (χ4v) is 3.01. The number of hydrogen-bond acceptors (Lipinski definition) is 4. The van der Waals surface area contributed by atoms with E-state index in [1.54, 1.807) is 24.3 Å². The van der Waals surface area contributed by atoms with Crippen LogP contribution < -0.4 is 5.09 Å². The second-order valence-electron chi connectivity index (χ2n) is 5.34. The van der Waals surface area contributed by atoms with Crippen molar-refractivity contribution in [2.45, 2.75) is 19.3 Å². The highest BCUT2D eigenvalue weighted by Crippen LogP contribution is 2.35. The SMILES string of the molecule is O=C1C=C(O)C=C(NP(=O)(O)O)C1CCCc1ccc(O)cc1. The lowest BCUT2D eigenvalue weighted by atomic mass is 9.89. The average molecular weight is 339 g/mol. The number of phenolic OH excluding ortho intramolecular Hbond substituents is 1. The summed E-state index contributed by atoms with van der Waals surface area (Å²) in [5.41, 5.74) is 1.01. The minimum absolute atomic E-state index is 0.0223. The third-order valence-electron chi connectivity index (χ3n) is 3.48. The van der Waals surface area contributed by atoms with E-state index in [1.165, 1.54) is 0 Å². The molecule has 0 radical (unpaired) electrons. The van der Waals surface area contributed by atoms with E-state index in [-0.39, 0.29) is 17.2 Å². The summed E-state index contributed by atoms with van der Waals surface area (Å²) in [6, 6.07) is 6.69. The first-order valence-electron chi connectivity index (χ1n) is 7.02. The van der Waals surface area contributed by atoms with Crippen LogP contribution in [-0.4, -0.2) is 25.8 Å². The van der Waals surface area contributed by atoms with Crippen molar-refractivity contribution in [3.8, 4) is 5.75 Å². The smallest absolute Gasteiger partial charge is 0.427 e. The molecule has 0 saturated carbocycles. The zero-order valence-corrected chi connectivity index (χ0v) is 13.1. The first kappa shape index (κ1) is 17.3. The topological polar surface area (TPSA) is 127 Å². The van der Waals surface area contributed by atoms with Gasteiger partial charge in [0, 0.05) is 17.8 Å². The van der Waals surface area contributed by atoms with E-state index in [9.17, 15) is 19.6 Å². The van der Waals surface area contributed by atoms with Crippen molar-refractivity contribution in [1.82, 2.24) is 5.09 Å². The van der Waals surface area contributed by atoms with Crippen LogP contribution in [0, 0.1) is 5.92 Å². The van der Waals surface area contributed by atoms with E-state index in [2.05, 4.69) is 0 Å². The molecule has 0 bridgehead atoms. The molecule has 7 nitrogen and oxygen atoms in total. The van der Waals surface area contributed by atoms with Gasteiger partial charge in [0.2, 0.25) is 0 Å². The lowest BCUT2D eigenvalue weighted by Gasteiger charge is -2.23. The number of rotatable bonds is 6. The van der Waals surface area contributed by atoms with Gasteiger partial charge in [-0.2, -0.15) is 0 Å². The average Bonchev–Trinajstić information content (AvgIpc) is 2.42. The van der Waals surface area contributed by atoms with Gasteiger partial charge in [-0.25, -0.2) is 4.57 Å². The second-order valence-corrected chi connectivity index (χ2v) is 6.65. The summed E-state index contributed by atoms with van der Waals surface area (Å²) < 4.78 is 11.1. The van der Waals surface area contributed by atoms with E-state index in [0.29, 0.717) is 19.3 Å². The van der Waals surface area contributed by atoms with Crippen molar-refractivity contribution in [3.05, 3.63) is 53.4 Å². The summed E-state index contributed by atoms with van der Waals surface area (Å²) >= 11 is 0. The first-order chi connectivity index (χ1) is 10.7. The lowest BCUT2D eigenvalue weighted by Crippen LogP contribution is -2.27. The molecule has 0 spiro atoms. The second kappa shape index (κ2) is 7.00. The molecule has 0 aromatic heterocycles. The van der Waals surface area contributed by atoms with Crippen LogP contribution in [0.15, 0.2) is 47.9 Å². The molecule has 124 valence electrons. The number of nitrogens with one attached hydrogen (secondary N) is 1. The van der Waals surface area contributed by atoms with Crippen molar-refractivity contribution >= 4 is 13.5 Å². The Balaban J connectivity index is 2.01. The van der Waals surface area contributed by atoms with Crippen LogP contribution in [0.25, 0.3) is 0 Å². The van der Waals surface area contributed by atoms with Crippen LogP contribution in [0.1, 0.15) is 18.4 Å². The number of benzene rings is 1. The van der Waals surface area contributed by atoms with E-state index in [1.807, 2.05) is 5.09 Å². The van der Waals surface area contributed by atoms with Crippen molar-refractivity contribution in [3.63, 3.8) is 0 Å². The van der Waals surface area contributed by atoms with Crippen LogP contribution >= 0.6 is 7.75 Å². The Labute approximate surface area is 133 Å². The van der Waals surface area contributed by atoms with Gasteiger partial charge < -0.3 is 20.0 Å². The van der Waals surface area contributed by atoms with Crippen molar-refractivity contribution < 1.29 is 29.4 Å². The van der Waals surface area contributed by atoms with Gasteiger partial charge in [0.05, 0.1) is 5.92 Å². The number of aryl methyl sites for hydroxylation is 1. The Morgan fingerprint density at radius 1 is 1.09 bits per heavy atom. The maximum Gasteiger partial charge on any atom is 0.427 e. The summed E-state index contributed by atoms with van der Waals surface area (Å²) in [6.07, 6.45) is 3.85.